The molecule has 0 aliphatic rings. The average molecular weight is 307 g/mol. The van der Waals surface area contributed by atoms with Crippen molar-refractivity contribution in [1.29, 1.82) is 5.26 Å². The summed E-state index contributed by atoms with van der Waals surface area (Å²) in [5.74, 6) is 1.10. The maximum absolute atomic E-state index is 8.86. The van der Waals surface area contributed by atoms with E-state index in [0.29, 0.717) is 33.8 Å². The molecule has 0 fully saturated rings. The van der Waals surface area contributed by atoms with Gasteiger partial charge in [-0.15, -0.1) is 0 Å². The molecular weight excluding hydrogens is 295 g/mol. The summed E-state index contributed by atoms with van der Waals surface area (Å²) in [5, 5.41) is 15.8. The number of hydrogen-bond donors (Lipinski definition) is 2. The van der Waals surface area contributed by atoms with E-state index in [2.05, 4.69) is 21.7 Å². The predicted molar refractivity (Wildman–Crippen MR) is 82.3 cm³/mol. The number of benzene rings is 1. The highest BCUT2D eigenvalue weighted by atomic mass is 35.5. The van der Waals surface area contributed by atoms with Crippen LogP contribution in [0.5, 0.6) is 0 Å². The van der Waals surface area contributed by atoms with Crippen molar-refractivity contribution in [1.82, 2.24) is 4.98 Å². The lowest BCUT2D eigenvalue weighted by Crippen LogP contribution is -2.04. The maximum atomic E-state index is 8.86. The van der Waals surface area contributed by atoms with Crippen LogP contribution in [0, 0.1) is 11.3 Å². The van der Waals surface area contributed by atoms with Crippen molar-refractivity contribution in [2.45, 2.75) is 6.54 Å². The third-order valence-corrected chi connectivity index (χ3v) is 3.26. The molecule has 0 saturated carbocycles. The number of rotatable bonds is 4. The molecule has 1 aromatic carbocycles. The molecule has 1 aromatic heterocycles. The average Bonchev–Trinajstić information content (AvgIpc) is 2.46. The minimum absolute atomic E-state index is 0.449. The van der Waals surface area contributed by atoms with Gasteiger partial charge < -0.3 is 10.6 Å². The zero-order valence-corrected chi connectivity index (χ0v) is 12.3. The van der Waals surface area contributed by atoms with Crippen LogP contribution in [0.1, 0.15) is 11.1 Å². The number of nitrogens with zero attached hydrogens (tertiary/aromatic N) is 2. The van der Waals surface area contributed by atoms with Crippen LogP contribution < -0.4 is 10.6 Å². The number of nitrogens with one attached hydrogen (secondary N) is 2. The van der Waals surface area contributed by atoms with E-state index < -0.39 is 0 Å². The molecule has 0 saturated heterocycles. The molecule has 20 heavy (non-hydrogen) atoms. The van der Waals surface area contributed by atoms with E-state index in [1.807, 2.05) is 18.2 Å². The van der Waals surface area contributed by atoms with Crippen molar-refractivity contribution in [2.24, 2.45) is 0 Å². The summed E-state index contributed by atoms with van der Waals surface area (Å²) in [4.78, 5) is 4.30. The Kier molecular flexibility index (Phi) is 4.67. The molecule has 1 heterocycles. The van der Waals surface area contributed by atoms with Crippen molar-refractivity contribution in [3.8, 4) is 6.07 Å². The van der Waals surface area contributed by atoms with Crippen LogP contribution >= 0.6 is 23.2 Å². The minimum Gasteiger partial charge on any atom is -0.372 e. The van der Waals surface area contributed by atoms with E-state index in [4.69, 9.17) is 28.5 Å². The quantitative estimate of drug-likeness (QED) is 0.899. The van der Waals surface area contributed by atoms with Gasteiger partial charge in [0.25, 0.3) is 0 Å². The van der Waals surface area contributed by atoms with E-state index in [9.17, 15) is 0 Å². The molecular formula is C14H12Cl2N4. The van der Waals surface area contributed by atoms with E-state index >= 15 is 0 Å². The molecule has 6 heteroatoms. The van der Waals surface area contributed by atoms with Crippen LogP contribution in [-0.4, -0.2) is 12.0 Å². The van der Waals surface area contributed by atoms with Crippen molar-refractivity contribution >= 4 is 34.8 Å². The smallest absolute Gasteiger partial charge is 0.147 e. The maximum Gasteiger partial charge on any atom is 0.147 e. The lowest BCUT2D eigenvalue weighted by Gasteiger charge is -2.11. The fraction of sp³-hybridized carbons (Fsp3) is 0.143. The molecule has 0 spiro atoms. The topological polar surface area (TPSA) is 60.7 Å². The first-order chi connectivity index (χ1) is 9.63. The van der Waals surface area contributed by atoms with Gasteiger partial charge in [-0.05, 0) is 23.8 Å². The first kappa shape index (κ1) is 14.4. The number of halogens is 2. The van der Waals surface area contributed by atoms with E-state index in [1.165, 1.54) is 0 Å². The fourth-order valence-corrected chi connectivity index (χ4v) is 2.22. The van der Waals surface area contributed by atoms with Gasteiger partial charge in [0, 0.05) is 13.6 Å². The van der Waals surface area contributed by atoms with Gasteiger partial charge in [0.05, 0.1) is 21.7 Å². The van der Waals surface area contributed by atoms with E-state index in [-0.39, 0.29) is 0 Å². The highest BCUT2D eigenvalue weighted by Gasteiger charge is 2.08. The zero-order valence-electron chi connectivity index (χ0n) is 10.7. The van der Waals surface area contributed by atoms with Crippen LogP contribution in [0.25, 0.3) is 0 Å². The molecule has 0 unspecified atom stereocenters. The molecule has 2 N–H and O–H groups in total. The van der Waals surface area contributed by atoms with Crippen LogP contribution in [0.2, 0.25) is 10.0 Å². The van der Waals surface area contributed by atoms with Gasteiger partial charge in [0.15, 0.2) is 0 Å². The number of nitriles is 1. The van der Waals surface area contributed by atoms with Crippen molar-refractivity contribution in [3.63, 3.8) is 0 Å². The summed E-state index contributed by atoms with van der Waals surface area (Å²) < 4.78 is 0. The van der Waals surface area contributed by atoms with Gasteiger partial charge in [0.1, 0.15) is 11.6 Å². The Morgan fingerprint density at radius 3 is 2.65 bits per heavy atom. The number of pyridine rings is 1. The summed E-state index contributed by atoms with van der Waals surface area (Å²) in [6.07, 6.45) is 0. The second-order valence-electron chi connectivity index (χ2n) is 4.06. The number of hydrogen-bond acceptors (Lipinski definition) is 4. The zero-order chi connectivity index (χ0) is 14.5. The lowest BCUT2D eigenvalue weighted by atomic mass is 10.1. The van der Waals surface area contributed by atoms with E-state index in [0.717, 1.165) is 5.56 Å². The molecule has 0 atom stereocenters. The molecule has 102 valence electrons. The Bertz CT molecular complexity index is 665. The van der Waals surface area contributed by atoms with Crippen molar-refractivity contribution in [2.75, 3.05) is 17.7 Å². The Hall–Kier alpha value is -1.96. The summed E-state index contributed by atoms with van der Waals surface area (Å²) in [6, 6.07) is 11.1. The number of aromatic nitrogens is 1. The Morgan fingerprint density at radius 2 is 1.95 bits per heavy atom. The second kappa shape index (κ2) is 6.47. The third kappa shape index (κ3) is 3.32. The van der Waals surface area contributed by atoms with Gasteiger partial charge in [-0.3, -0.25) is 0 Å². The van der Waals surface area contributed by atoms with Gasteiger partial charge in [-0.25, -0.2) is 4.98 Å². The summed E-state index contributed by atoms with van der Waals surface area (Å²) in [7, 11) is 1.74. The largest absolute Gasteiger partial charge is 0.372 e. The van der Waals surface area contributed by atoms with E-state index in [1.54, 1.807) is 19.2 Å². The fourth-order valence-electron chi connectivity index (χ4n) is 1.70. The lowest BCUT2D eigenvalue weighted by molar-refractivity contribution is 1.11. The van der Waals surface area contributed by atoms with Crippen LogP contribution in [0.4, 0.5) is 11.6 Å². The molecule has 0 radical (unpaired) electrons. The molecule has 2 aromatic rings. The first-order valence-electron chi connectivity index (χ1n) is 5.90. The van der Waals surface area contributed by atoms with Gasteiger partial charge in [-0.2, -0.15) is 5.26 Å². The second-order valence-corrected chi connectivity index (χ2v) is 4.88. The molecule has 0 aliphatic carbocycles. The van der Waals surface area contributed by atoms with Crippen molar-refractivity contribution in [3.05, 3.63) is 51.5 Å². The molecule has 2 rings (SSSR count). The third-order valence-electron chi connectivity index (χ3n) is 2.68. The van der Waals surface area contributed by atoms with Crippen molar-refractivity contribution < 1.29 is 0 Å². The summed E-state index contributed by atoms with van der Waals surface area (Å²) in [6.45, 7) is 0.521. The predicted octanol–water partition coefficient (Wildman–Crippen LogP) is 3.91. The standard InChI is InChI=1S/C14H12Cl2N4/c1-18-13-11(15)6-12(16)14(20-13)19-8-10-4-2-3-9(5-10)7-17/h2-6H,8H2,1H3,(H2,18,19,20). The first-order valence-corrected chi connectivity index (χ1v) is 6.66. The van der Waals surface area contributed by atoms with Gasteiger partial charge >= 0.3 is 0 Å². The number of anilines is 2. The van der Waals surface area contributed by atoms with Gasteiger partial charge in [0.2, 0.25) is 0 Å². The summed E-state index contributed by atoms with van der Waals surface area (Å²) >= 11 is 12.1. The van der Waals surface area contributed by atoms with Crippen LogP contribution in [0.3, 0.4) is 0 Å². The Morgan fingerprint density at radius 1 is 1.20 bits per heavy atom. The minimum atomic E-state index is 0.449. The monoisotopic (exact) mass is 306 g/mol. The molecule has 0 bridgehead atoms. The van der Waals surface area contributed by atoms with Gasteiger partial charge in [-0.1, -0.05) is 35.3 Å². The normalized spacial score (nSPS) is 9.90. The Labute approximate surface area is 127 Å². The summed E-state index contributed by atoms with van der Waals surface area (Å²) in [5.41, 5.74) is 1.60. The SMILES string of the molecule is CNc1nc(NCc2cccc(C#N)c2)c(Cl)cc1Cl. The molecule has 0 aliphatic heterocycles. The molecule has 0 amide bonds. The van der Waals surface area contributed by atoms with Crippen LogP contribution in [0.15, 0.2) is 30.3 Å². The highest BCUT2D eigenvalue weighted by molar-refractivity contribution is 6.37. The van der Waals surface area contributed by atoms with Crippen LogP contribution in [-0.2, 0) is 6.54 Å². The highest BCUT2D eigenvalue weighted by Crippen LogP contribution is 2.29. The molecule has 4 nitrogen and oxygen atoms in total. The Balaban J connectivity index is 2.16.